The number of nitrogens with one attached hydrogen (secondary N) is 1. The van der Waals surface area contributed by atoms with Crippen LogP contribution in [0.1, 0.15) is 5.56 Å². The summed E-state index contributed by atoms with van der Waals surface area (Å²) in [4.78, 5) is 25.9. The lowest BCUT2D eigenvalue weighted by Gasteiger charge is -2.10. The molecule has 0 heterocycles. The first-order chi connectivity index (χ1) is 14.1. The van der Waals surface area contributed by atoms with E-state index in [9.17, 15) is 14.0 Å². The molecular formula is C23H18FNO3S. The summed E-state index contributed by atoms with van der Waals surface area (Å²) in [5.41, 5.74) is 1.30. The van der Waals surface area contributed by atoms with Crippen LogP contribution in [0.3, 0.4) is 0 Å². The van der Waals surface area contributed by atoms with Crippen LogP contribution in [-0.4, -0.2) is 18.5 Å². The zero-order valence-corrected chi connectivity index (χ0v) is 16.2. The van der Waals surface area contributed by atoms with Crippen LogP contribution >= 0.6 is 11.8 Å². The first kappa shape index (κ1) is 20.4. The Balaban J connectivity index is 1.53. The summed E-state index contributed by atoms with van der Waals surface area (Å²) in [6.45, 7) is -0.406. The number of carbonyl (C=O) groups excluding carboxylic acids is 2. The molecule has 0 atom stereocenters. The average Bonchev–Trinajstić information content (AvgIpc) is 2.74. The molecule has 29 heavy (non-hydrogen) atoms. The van der Waals surface area contributed by atoms with Crippen molar-refractivity contribution in [2.45, 2.75) is 9.79 Å². The van der Waals surface area contributed by atoms with E-state index in [1.54, 1.807) is 6.07 Å². The van der Waals surface area contributed by atoms with E-state index in [2.05, 4.69) is 5.32 Å². The SMILES string of the molecule is O=C(COC(=O)/C=C/c1ccc(F)cc1)Nc1ccccc1Sc1ccccc1. The first-order valence-corrected chi connectivity index (χ1v) is 9.64. The molecule has 0 saturated carbocycles. The van der Waals surface area contributed by atoms with Crippen molar-refractivity contribution in [1.29, 1.82) is 0 Å². The van der Waals surface area contributed by atoms with Crippen molar-refractivity contribution < 1.29 is 18.7 Å². The Morgan fingerprint density at radius 1 is 0.931 bits per heavy atom. The van der Waals surface area contributed by atoms with Crippen LogP contribution in [0.4, 0.5) is 10.1 Å². The third-order valence-corrected chi connectivity index (χ3v) is 4.84. The molecule has 3 rings (SSSR count). The van der Waals surface area contributed by atoms with Gasteiger partial charge in [-0.15, -0.1) is 0 Å². The lowest BCUT2D eigenvalue weighted by Crippen LogP contribution is -2.20. The van der Waals surface area contributed by atoms with Crippen molar-refractivity contribution in [3.63, 3.8) is 0 Å². The highest BCUT2D eigenvalue weighted by Crippen LogP contribution is 2.33. The van der Waals surface area contributed by atoms with Crippen molar-refractivity contribution in [1.82, 2.24) is 0 Å². The van der Waals surface area contributed by atoms with Gasteiger partial charge in [-0.1, -0.05) is 54.2 Å². The molecule has 0 unspecified atom stereocenters. The van der Waals surface area contributed by atoms with E-state index < -0.39 is 18.5 Å². The van der Waals surface area contributed by atoms with Gasteiger partial charge in [0.25, 0.3) is 5.91 Å². The van der Waals surface area contributed by atoms with Crippen molar-refractivity contribution in [2.24, 2.45) is 0 Å². The summed E-state index contributed by atoms with van der Waals surface area (Å²) in [5, 5.41) is 2.76. The number of ether oxygens (including phenoxy) is 1. The molecule has 146 valence electrons. The van der Waals surface area contributed by atoms with Gasteiger partial charge >= 0.3 is 5.97 Å². The fourth-order valence-electron chi connectivity index (χ4n) is 2.38. The number of amides is 1. The molecule has 4 nitrogen and oxygen atoms in total. The number of para-hydroxylation sites is 1. The lowest BCUT2D eigenvalue weighted by molar-refractivity contribution is -0.142. The van der Waals surface area contributed by atoms with Gasteiger partial charge in [-0.3, -0.25) is 4.79 Å². The maximum Gasteiger partial charge on any atom is 0.331 e. The average molecular weight is 407 g/mol. The molecule has 0 aliphatic rings. The standard InChI is InChI=1S/C23H18FNO3S/c24-18-13-10-17(11-14-18)12-15-23(27)28-16-22(26)25-20-8-4-5-9-21(20)29-19-6-2-1-3-7-19/h1-15H,16H2,(H,25,26)/b15-12+. The second kappa shape index (κ2) is 10.2. The molecule has 0 fully saturated rings. The fraction of sp³-hybridized carbons (Fsp3) is 0.0435. The van der Waals surface area contributed by atoms with Gasteiger partial charge < -0.3 is 10.1 Å². The molecule has 0 radical (unpaired) electrons. The maximum absolute atomic E-state index is 12.9. The summed E-state index contributed by atoms with van der Waals surface area (Å²) >= 11 is 1.53. The highest BCUT2D eigenvalue weighted by molar-refractivity contribution is 7.99. The highest BCUT2D eigenvalue weighted by atomic mass is 32.2. The van der Waals surface area contributed by atoms with Gasteiger partial charge in [0.1, 0.15) is 5.82 Å². The van der Waals surface area contributed by atoms with Gasteiger partial charge in [-0.2, -0.15) is 0 Å². The highest BCUT2D eigenvalue weighted by Gasteiger charge is 2.09. The third kappa shape index (κ3) is 6.62. The Bertz CT molecular complexity index is 1000. The normalized spacial score (nSPS) is 10.7. The van der Waals surface area contributed by atoms with Gasteiger partial charge in [-0.05, 0) is 48.0 Å². The Kier molecular flexibility index (Phi) is 7.19. The van der Waals surface area contributed by atoms with E-state index >= 15 is 0 Å². The summed E-state index contributed by atoms with van der Waals surface area (Å²) in [7, 11) is 0. The quantitative estimate of drug-likeness (QED) is 0.434. The topological polar surface area (TPSA) is 55.4 Å². The zero-order valence-electron chi connectivity index (χ0n) is 15.4. The van der Waals surface area contributed by atoms with E-state index in [-0.39, 0.29) is 5.82 Å². The van der Waals surface area contributed by atoms with E-state index in [4.69, 9.17) is 4.74 Å². The third-order valence-electron chi connectivity index (χ3n) is 3.76. The van der Waals surface area contributed by atoms with E-state index in [0.717, 1.165) is 9.79 Å². The molecule has 3 aromatic rings. The monoisotopic (exact) mass is 407 g/mol. The smallest absolute Gasteiger partial charge is 0.331 e. The molecule has 6 heteroatoms. The predicted octanol–water partition coefficient (Wildman–Crippen LogP) is 5.17. The van der Waals surface area contributed by atoms with Gasteiger partial charge in [0.05, 0.1) is 5.69 Å². The largest absolute Gasteiger partial charge is 0.452 e. The maximum atomic E-state index is 12.9. The van der Waals surface area contributed by atoms with Crippen LogP contribution in [-0.2, 0) is 14.3 Å². The van der Waals surface area contributed by atoms with Crippen LogP contribution in [0, 0.1) is 5.82 Å². The Morgan fingerprint density at radius 2 is 1.62 bits per heavy atom. The molecule has 0 bridgehead atoms. The molecule has 0 aromatic heterocycles. The fourth-order valence-corrected chi connectivity index (χ4v) is 3.31. The molecule has 0 saturated heterocycles. The lowest BCUT2D eigenvalue weighted by atomic mass is 10.2. The van der Waals surface area contributed by atoms with Crippen molar-refractivity contribution in [3.8, 4) is 0 Å². The number of halogens is 1. The second-order valence-corrected chi connectivity index (χ2v) is 7.07. The minimum absolute atomic E-state index is 0.355. The number of hydrogen-bond acceptors (Lipinski definition) is 4. The van der Waals surface area contributed by atoms with Crippen LogP contribution in [0.25, 0.3) is 6.08 Å². The molecule has 1 N–H and O–H groups in total. The Morgan fingerprint density at radius 3 is 2.38 bits per heavy atom. The minimum atomic E-state index is -0.656. The Hall–Kier alpha value is -3.38. The molecule has 0 aliphatic carbocycles. The van der Waals surface area contributed by atoms with E-state index in [1.165, 1.54) is 48.2 Å². The van der Waals surface area contributed by atoms with Crippen LogP contribution < -0.4 is 5.32 Å². The summed E-state index contributed by atoms with van der Waals surface area (Å²) < 4.78 is 17.8. The number of rotatable bonds is 7. The van der Waals surface area contributed by atoms with Crippen molar-refractivity contribution in [2.75, 3.05) is 11.9 Å². The molecule has 1 amide bonds. The minimum Gasteiger partial charge on any atom is -0.452 e. The van der Waals surface area contributed by atoms with Crippen LogP contribution in [0.2, 0.25) is 0 Å². The van der Waals surface area contributed by atoms with E-state index in [0.29, 0.717) is 11.3 Å². The molecule has 0 spiro atoms. The van der Waals surface area contributed by atoms with Gasteiger partial charge in [0, 0.05) is 15.9 Å². The number of benzene rings is 3. The number of anilines is 1. The zero-order chi connectivity index (χ0) is 20.5. The van der Waals surface area contributed by atoms with Crippen LogP contribution in [0.5, 0.6) is 0 Å². The second-order valence-electron chi connectivity index (χ2n) is 5.95. The van der Waals surface area contributed by atoms with Gasteiger partial charge in [0.15, 0.2) is 6.61 Å². The predicted molar refractivity (Wildman–Crippen MR) is 112 cm³/mol. The summed E-state index contributed by atoms with van der Waals surface area (Å²) in [5.74, 6) is -1.45. The van der Waals surface area contributed by atoms with Gasteiger partial charge in [0.2, 0.25) is 0 Å². The van der Waals surface area contributed by atoms with Crippen LogP contribution in [0.15, 0.2) is 94.7 Å². The van der Waals surface area contributed by atoms with Crippen molar-refractivity contribution >= 4 is 35.4 Å². The molecule has 0 aliphatic heterocycles. The van der Waals surface area contributed by atoms with E-state index in [1.807, 2.05) is 48.5 Å². The van der Waals surface area contributed by atoms with Gasteiger partial charge in [-0.25, -0.2) is 9.18 Å². The summed E-state index contributed by atoms with van der Waals surface area (Å²) in [6, 6.07) is 22.9. The molecular weight excluding hydrogens is 389 g/mol. The Labute approximate surface area is 172 Å². The first-order valence-electron chi connectivity index (χ1n) is 8.82. The number of carbonyl (C=O) groups is 2. The molecule has 3 aromatic carbocycles. The number of esters is 1. The van der Waals surface area contributed by atoms with Crippen molar-refractivity contribution in [3.05, 3.63) is 96.3 Å². The number of hydrogen-bond donors (Lipinski definition) is 1. The summed E-state index contributed by atoms with van der Waals surface area (Å²) in [6.07, 6.45) is 2.69.